The maximum Gasteiger partial charge on any atom is 0.142 e. The lowest BCUT2D eigenvalue weighted by molar-refractivity contribution is 0.622. The lowest BCUT2D eigenvalue weighted by Gasteiger charge is -2.03. The number of pyridine rings is 1. The summed E-state index contributed by atoms with van der Waals surface area (Å²) in [5, 5.41) is 8.90. The molecule has 78 valence electrons. The molecule has 0 aliphatic heterocycles. The fourth-order valence-corrected chi connectivity index (χ4v) is 1.49. The summed E-state index contributed by atoms with van der Waals surface area (Å²) in [5.41, 5.74) is 2.99. The van der Waals surface area contributed by atoms with Crippen LogP contribution in [0, 0.1) is 24.1 Å². The molecule has 2 rings (SSSR count). The van der Waals surface area contributed by atoms with E-state index in [1.165, 1.54) is 6.07 Å². The Bertz CT molecular complexity index is 570. The van der Waals surface area contributed by atoms with E-state index in [-0.39, 0.29) is 5.82 Å². The molecule has 3 heteroatoms. The zero-order valence-corrected chi connectivity index (χ0v) is 8.74. The van der Waals surface area contributed by atoms with Crippen molar-refractivity contribution in [3.8, 4) is 17.2 Å². The van der Waals surface area contributed by atoms with Gasteiger partial charge in [0.1, 0.15) is 5.82 Å². The molecule has 0 N–H and O–H groups in total. The molecule has 0 radical (unpaired) electrons. The Kier molecular flexibility index (Phi) is 2.65. The predicted octanol–water partition coefficient (Wildman–Crippen LogP) is 3.07. The van der Waals surface area contributed by atoms with Crippen LogP contribution in [0.2, 0.25) is 0 Å². The van der Waals surface area contributed by atoms with Gasteiger partial charge in [0.15, 0.2) is 0 Å². The molecule has 1 aromatic carbocycles. The van der Waals surface area contributed by atoms with Crippen molar-refractivity contribution in [1.29, 1.82) is 5.26 Å². The first-order chi connectivity index (χ1) is 7.70. The monoisotopic (exact) mass is 212 g/mol. The SMILES string of the molecule is Cc1ccc(-c2cncc(F)c2)cc1C#N. The first-order valence-corrected chi connectivity index (χ1v) is 4.82. The lowest BCUT2D eigenvalue weighted by Crippen LogP contribution is -1.86. The van der Waals surface area contributed by atoms with Crippen molar-refractivity contribution in [2.24, 2.45) is 0 Å². The summed E-state index contributed by atoms with van der Waals surface area (Å²) in [6.07, 6.45) is 2.73. The van der Waals surface area contributed by atoms with Gasteiger partial charge in [-0.15, -0.1) is 0 Å². The second-order valence-corrected chi connectivity index (χ2v) is 3.53. The molecule has 1 aromatic heterocycles. The number of rotatable bonds is 1. The molecule has 0 unspecified atom stereocenters. The summed E-state index contributed by atoms with van der Waals surface area (Å²) in [6, 6.07) is 8.95. The van der Waals surface area contributed by atoms with E-state index >= 15 is 0 Å². The van der Waals surface area contributed by atoms with Gasteiger partial charge in [0.05, 0.1) is 17.8 Å². The lowest BCUT2D eigenvalue weighted by atomic mass is 10.0. The Morgan fingerprint density at radius 1 is 1.19 bits per heavy atom. The molecule has 0 amide bonds. The normalized spacial score (nSPS) is 9.81. The zero-order valence-electron chi connectivity index (χ0n) is 8.74. The second-order valence-electron chi connectivity index (χ2n) is 3.53. The molecule has 0 fully saturated rings. The zero-order chi connectivity index (χ0) is 11.5. The molecule has 0 spiro atoms. The number of aryl methyl sites for hydroxylation is 1. The summed E-state index contributed by atoms with van der Waals surface area (Å²) in [4.78, 5) is 3.78. The highest BCUT2D eigenvalue weighted by molar-refractivity contribution is 5.65. The first kappa shape index (κ1) is 10.3. The number of nitrogens with zero attached hydrogens (tertiary/aromatic N) is 2. The number of hydrogen-bond acceptors (Lipinski definition) is 2. The maximum atomic E-state index is 13.0. The minimum atomic E-state index is -0.378. The fourth-order valence-electron chi connectivity index (χ4n) is 1.49. The van der Waals surface area contributed by atoms with Gasteiger partial charge in [-0.05, 0) is 30.2 Å². The molecule has 0 aliphatic carbocycles. The van der Waals surface area contributed by atoms with E-state index in [1.807, 2.05) is 19.1 Å². The van der Waals surface area contributed by atoms with Crippen LogP contribution in [0.3, 0.4) is 0 Å². The topological polar surface area (TPSA) is 36.7 Å². The number of hydrogen-bond donors (Lipinski definition) is 0. The third kappa shape index (κ3) is 1.91. The molecular formula is C13H9FN2. The molecule has 0 atom stereocenters. The van der Waals surface area contributed by atoms with E-state index < -0.39 is 0 Å². The van der Waals surface area contributed by atoms with Crippen LogP contribution in [0.25, 0.3) is 11.1 Å². The Balaban J connectivity index is 2.54. The second kappa shape index (κ2) is 4.11. The minimum absolute atomic E-state index is 0.378. The largest absolute Gasteiger partial charge is 0.261 e. The Morgan fingerprint density at radius 2 is 2.00 bits per heavy atom. The minimum Gasteiger partial charge on any atom is -0.261 e. The van der Waals surface area contributed by atoms with Gasteiger partial charge in [-0.3, -0.25) is 4.98 Å². The van der Waals surface area contributed by atoms with E-state index in [9.17, 15) is 4.39 Å². The van der Waals surface area contributed by atoms with E-state index in [2.05, 4.69) is 11.1 Å². The van der Waals surface area contributed by atoms with Gasteiger partial charge in [-0.1, -0.05) is 12.1 Å². The Labute approximate surface area is 93.0 Å². The third-order valence-corrected chi connectivity index (χ3v) is 2.40. The summed E-state index contributed by atoms with van der Waals surface area (Å²) >= 11 is 0. The van der Waals surface area contributed by atoms with E-state index in [0.717, 1.165) is 17.3 Å². The number of nitriles is 1. The fraction of sp³-hybridized carbons (Fsp3) is 0.0769. The van der Waals surface area contributed by atoms with Gasteiger partial charge >= 0.3 is 0 Å². The maximum absolute atomic E-state index is 13.0. The summed E-state index contributed by atoms with van der Waals surface area (Å²) in [7, 11) is 0. The quantitative estimate of drug-likeness (QED) is 0.728. The van der Waals surface area contributed by atoms with Gasteiger partial charge in [0.25, 0.3) is 0 Å². The molecule has 2 nitrogen and oxygen atoms in total. The van der Waals surface area contributed by atoms with Crippen LogP contribution in [0.5, 0.6) is 0 Å². The summed E-state index contributed by atoms with van der Waals surface area (Å²) < 4.78 is 13.0. The van der Waals surface area contributed by atoms with Crippen LogP contribution in [-0.4, -0.2) is 4.98 Å². The Morgan fingerprint density at radius 3 is 2.69 bits per heavy atom. The van der Waals surface area contributed by atoms with Crippen molar-refractivity contribution in [1.82, 2.24) is 4.98 Å². The Hall–Kier alpha value is -2.21. The highest BCUT2D eigenvalue weighted by Crippen LogP contribution is 2.21. The van der Waals surface area contributed by atoms with Crippen LogP contribution in [0.1, 0.15) is 11.1 Å². The molecule has 16 heavy (non-hydrogen) atoms. The average molecular weight is 212 g/mol. The van der Waals surface area contributed by atoms with Gasteiger partial charge in [0.2, 0.25) is 0 Å². The molecule has 0 saturated carbocycles. The molecule has 0 bridgehead atoms. The van der Waals surface area contributed by atoms with Crippen LogP contribution < -0.4 is 0 Å². The van der Waals surface area contributed by atoms with E-state index in [1.54, 1.807) is 12.3 Å². The molecule has 1 heterocycles. The van der Waals surface area contributed by atoms with Crippen LogP contribution in [0.4, 0.5) is 4.39 Å². The third-order valence-electron chi connectivity index (χ3n) is 2.40. The van der Waals surface area contributed by atoms with E-state index in [4.69, 9.17) is 5.26 Å². The standard InChI is InChI=1S/C13H9FN2/c1-9-2-3-10(4-11(9)6-15)12-5-13(14)8-16-7-12/h2-5,7-8H,1H3. The molecule has 0 saturated heterocycles. The molecule has 0 aliphatic rings. The number of aromatic nitrogens is 1. The summed E-state index contributed by atoms with van der Waals surface area (Å²) in [5.74, 6) is -0.378. The van der Waals surface area contributed by atoms with Crippen molar-refractivity contribution >= 4 is 0 Å². The van der Waals surface area contributed by atoms with Gasteiger partial charge in [-0.25, -0.2) is 4.39 Å². The van der Waals surface area contributed by atoms with Crippen LogP contribution in [0.15, 0.2) is 36.7 Å². The van der Waals surface area contributed by atoms with Crippen molar-refractivity contribution < 1.29 is 4.39 Å². The highest BCUT2D eigenvalue weighted by atomic mass is 19.1. The summed E-state index contributed by atoms with van der Waals surface area (Å²) in [6.45, 7) is 1.87. The van der Waals surface area contributed by atoms with E-state index in [0.29, 0.717) is 11.1 Å². The molecular weight excluding hydrogens is 203 g/mol. The van der Waals surface area contributed by atoms with Crippen molar-refractivity contribution in [2.45, 2.75) is 6.92 Å². The van der Waals surface area contributed by atoms with Crippen molar-refractivity contribution in [2.75, 3.05) is 0 Å². The first-order valence-electron chi connectivity index (χ1n) is 4.82. The van der Waals surface area contributed by atoms with Crippen molar-refractivity contribution in [3.05, 3.63) is 53.6 Å². The van der Waals surface area contributed by atoms with Crippen molar-refractivity contribution in [3.63, 3.8) is 0 Å². The predicted molar refractivity (Wildman–Crippen MR) is 59.1 cm³/mol. The van der Waals surface area contributed by atoms with Crippen LogP contribution in [-0.2, 0) is 0 Å². The average Bonchev–Trinajstić information content (AvgIpc) is 2.29. The van der Waals surface area contributed by atoms with Crippen LogP contribution >= 0.6 is 0 Å². The van der Waals surface area contributed by atoms with Gasteiger partial charge < -0.3 is 0 Å². The number of benzene rings is 1. The highest BCUT2D eigenvalue weighted by Gasteiger charge is 2.03. The van der Waals surface area contributed by atoms with Gasteiger partial charge in [0, 0.05) is 11.8 Å². The smallest absolute Gasteiger partial charge is 0.142 e. The molecule has 2 aromatic rings. The van der Waals surface area contributed by atoms with Gasteiger partial charge in [-0.2, -0.15) is 5.26 Å². The number of halogens is 1.